The number of carbonyl (C=O) groups is 2. The zero-order valence-corrected chi connectivity index (χ0v) is 20.8. The highest BCUT2D eigenvalue weighted by atomic mass is 32.1. The summed E-state index contributed by atoms with van der Waals surface area (Å²) in [6, 6.07) is 8.90. The summed E-state index contributed by atoms with van der Waals surface area (Å²) in [7, 11) is 1.50. The third-order valence-corrected chi connectivity index (χ3v) is 5.89. The maximum Gasteiger partial charge on any atom is 0.338 e. The fourth-order valence-corrected chi connectivity index (χ4v) is 4.52. The summed E-state index contributed by atoms with van der Waals surface area (Å²) in [6.07, 6.45) is 1.62. The van der Waals surface area contributed by atoms with E-state index in [4.69, 9.17) is 14.2 Å². The van der Waals surface area contributed by atoms with Gasteiger partial charge in [0.2, 0.25) is 5.91 Å². The van der Waals surface area contributed by atoms with E-state index in [0.717, 1.165) is 22.4 Å². The van der Waals surface area contributed by atoms with Gasteiger partial charge in [0, 0.05) is 12.3 Å². The molecule has 0 aliphatic heterocycles. The van der Waals surface area contributed by atoms with E-state index in [2.05, 4.69) is 11.6 Å². The minimum atomic E-state index is -0.517. The minimum absolute atomic E-state index is 0.0238. The first-order valence-corrected chi connectivity index (χ1v) is 11.5. The molecule has 34 heavy (non-hydrogen) atoms. The molecule has 1 heterocycles. The van der Waals surface area contributed by atoms with Crippen LogP contribution in [0.4, 0.5) is 10.8 Å². The van der Waals surface area contributed by atoms with Crippen LogP contribution in [-0.4, -0.2) is 30.6 Å². The Morgan fingerprint density at radius 1 is 1.12 bits per heavy atom. The van der Waals surface area contributed by atoms with E-state index >= 15 is 0 Å². The van der Waals surface area contributed by atoms with Crippen LogP contribution in [0.5, 0.6) is 11.5 Å². The summed E-state index contributed by atoms with van der Waals surface area (Å²) < 4.78 is 16.3. The predicted molar refractivity (Wildman–Crippen MR) is 133 cm³/mol. The molecule has 1 amide bonds. The van der Waals surface area contributed by atoms with Gasteiger partial charge < -0.3 is 14.2 Å². The van der Waals surface area contributed by atoms with E-state index < -0.39 is 5.97 Å². The summed E-state index contributed by atoms with van der Waals surface area (Å²) >= 11 is 1.32. The summed E-state index contributed by atoms with van der Waals surface area (Å²) in [4.78, 5) is 31.3. The lowest BCUT2D eigenvalue weighted by Gasteiger charge is -2.23. The lowest BCUT2D eigenvalue weighted by molar-refractivity contribution is -0.115. The van der Waals surface area contributed by atoms with E-state index in [9.17, 15) is 9.59 Å². The lowest BCUT2D eigenvalue weighted by atomic mass is 10.0. The molecule has 0 atom stereocenters. The van der Waals surface area contributed by atoms with Gasteiger partial charge in [0.1, 0.15) is 13.2 Å². The Morgan fingerprint density at radius 2 is 1.82 bits per heavy atom. The Morgan fingerprint density at radius 3 is 2.44 bits per heavy atom. The second kappa shape index (κ2) is 11.0. The molecule has 178 valence electrons. The number of hydrogen-bond donors (Lipinski definition) is 0. The number of carbonyl (C=O) groups excluding carboxylic acids is 2. The quantitative estimate of drug-likeness (QED) is 0.289. The van der Waals surface area contributed by atoms with E-state index in [-0.39, 0.29) is 12.5 Å². The molecule has 0 N–H and O–H groups in total. The van der Waals surface area contributed by atoms with Crippen molar-refractivity contribution < 1.29 is 23.8 Å². The Labute approximate surface area is 203 Å². The van der Waals surface area contributed by atoms with Crippen LogP contribution < -0.4 is 14.4 Å². The highest BCUT2D eigenvalue weighted by molar-refractivity contribution is 7.14. The predicted octanol–water partition coefficient (Wildman–Crippen LogP) is 5.68. The molecular weight excluding hydrogens is 452 g/mol. The van der Waals surface area contributed by atoms with Crippen LogP contribution in [0, 0.1) is 20.8 Å². The Balaban J connectivity index is 1.75. The number of methoxy groups -OCH3 is 1. The van der Waals surface area contributed by atoms with Gasteiger partial charge >= 0.3 is 5.97 Å². The molecule has 0 fully saturated rings. The number of hydrogen-bond acceptors (Lipinski definition) is 7. The molecule has 2 aromatic carbocycles. The molecule has 0 unspecified atom stereocenters. The van der Waals surface area contributed by atoms with Crippen LogP contribution in [0.3, 0.4) is 0 Å². The smallest absolute Gasteiger partial charge is 0.338 e. The number of aryl methyl sites for hydroxylation is 3. The number of thiazole rings is 1. The van der Waals surface area contributed by atoms with E-state index in [1.54, 1.807) is 34.6 Å². The number of rotatable bonds is 9. The minimum Gasteiger partial charge on any atom is -0.493 e. The largest absolute Gasteiger partial charge is 0.493 e. The number of esters is 1. The van der Waals surface area contributed by atoms with E-state index in [1.807, 2.05) is 32.9 Å². The Hall–Kier alpha value is -3.65. The lowest BCUT2D eigenvalue weighted by Crippen LogP contribution is -2.24. The normalized spacial score (nSPS) is 10.5. The van der Waals surface area contributed by atoms with Crippen molar-refractivity contribution >= 4 is 34.0 Å². The number of anilines is 2. The second-order valence-electron chi connectivity index (χ2n) is 7.76. The third kappa shape index (κ3) is 5.63. The second-order valence-corrected chi connectivity index (χ2v) is 8.60. The molecular formula is C26H28N2O5S. The van der Waals surface area contributed by atoms with E-state index in [1.165, 1.54) is 25.4 Å². The fraction of sp³-hybridized carbons (Fsp3) is 0.269. The van der Waals surface area contributed by atoms with Gasteiger partial charge in [-0.1, -0.05) is 30.4 Å². The number of nitrogens with zero attached hydrogens (tertiary/aromatic N) is 2. The van der Waals surface area contributed by atoms with Gasteiger partial charge in [0.25, 0.3) is 0 Å². The Bertz CT molecular complexity index is 1190. The van der Waals surface area contributed by atoms with Crippen LogP contribution in [0.1, 0.15) is 39.7 Å². The molecule has 7 nitrogen and oxygen atoms in total. The van der Waals surface area contributed by atoms with Crippen LogP contribution in [0.25, 0.3) is 0 Å². The maximum atomic E-state index is 12.6. The molecule has 3 rings (SSSR count). The molecule has 1 aromatic heterocycles. The molecule has 0 aliphatic rings. The van der Waals surface area contributed by atoms with Crippen molar-refractivity contribution in [2.45, 2.75) is 34.3 Å². The first-order chi connectivity index (χ1) is 16.2. The van der Waals surface area contributed by atoms with Crippen LogP contribution in [0.15, 0.2) is 48.4 Å². The van der Waals surface area contributed by atoms with Gasteiger partial charge in [-0.15, -0.1) is 11.3 Å². The maximum absolute atomic E-state index is 12.6. The number of aromatic nitrogens is 1. The summed E-state index contributed by atoms with van der Waals surface area (Å²) in [5, 5.41) is 2.31. The van der Waals surface area contributed by atoms with Crippen molar-refractivity contribution in [2.24, 2.45) is 0 Å². The first kappa shape index (κ1) is 25.0. The van der Waals surface area contributed by atoms with Gasteiger partial charge in [-0.05, 0) is 50.1 Å². The van der Waals surface area contributed by atoms with Crippen LogP contribution in [0.2, 0.25) is 0 Å². The summed E-state index contributed by atoms with van der Waals surface area (Å²) in [5.74, 6) is 0.276. The molecule has 3 aromatic rings. The molecule has 0 bridgehead atoms. The van der Waals surface area contributed by atoms with E-state index in [0.29, 0.717) is 34.5 Å². The fourth-order valence-electron chi connectivity index (χ4n) is 3.66. The Kier molecular flexibility index (Phi) is 8.07. The molecule has 0 spiro atoms. The highest BCUT2D eigenvalue weighted by Gasteiger charge is 2.22. The number of amides is 1. The average Bonchev–Trinajstić information content (AvgIpc) is 3.26. The summed E-state index contributed by atoms with van der Waals surface area (Å²) in [5.41, 5.74) is 4.82. The van der Waals surface area contributed by atoms with Crippen LogP contribution in [-0.2, 0) is 16.1 Å². The molecule has 0 saturated heterocycles. The zero-order chi connectivity index (χ0) is 24.8. The summed E-state index contributed by atoms with van der Waals surface area (Å²) in [6.45, 7) is 11.4. The van der Waals surface area contributed by atoms with Gasteiger partial charge in [-0.2, -0.15) is 0 Å². The van der Waals surface area contributed by atoms with Crippen molar-refractivity contribution in [3.05, 3.63) is 76.3 Å². The van der Waals surface area contributed by atoms with Crippen molar-refractivity contribution in [2.75, 3.05) is 18.6 Å². The van der Waals surface area contributed by atoms with Crippen molar-refractivity contribution in [3.8, 4) is 11.5 Å². The SMILES string of the molecule is C=CCOc1ccc(C(=O)OCc2csc(N(C(C)=O)c3c(C)cc(C)cc3C)n2)cc1OC. The standard InChI is InChI=1S/C26H28N2O5S/c1-7-10-32-22-9-8-20(13-23(22)31-6)25(30)33-14-21-15-34-26(27-21)28(19(5)29)24-17(3)11-16(2)12-18(24)4/h7-9,11-13,15H,1,10,14H2,2-6H3. The van der Waals surface area contributed by atoms with Crippen molar-refractivity contribution in [1.29, 1.82) is 0 Å². The number of ether oxygens (including phenoxy) is 3. The monoisotopic (exact) mass is 480 g/mol. The van der Waals surface area contributed by atoms with Gasteiger partial charge in [-0.25, -0.2) is 9.78 Å². The average molecular weight is 481 g/mol. The number of benzene rings is 2. The first-order valence-electron chi connectivity index (χ1n) is 10.7. The molecule has 0 saturated carbocycles. The zero-order valence-electron chi connectivity index (χ0n) is 20.0. The molecule has 8 heteroatoms. The topological polar surface area (TPSA) is 78.0 Å². The molecule has 0 radical (unpaired) electrons. The van der Waals surface area contributed by atoms with Crippen molar-refractivity contribution in [3.63, 3.8) is 0 Å². The third-order valence-electron chi connectivity index (χ3n) is 5.01. The van der Waals surface area contributed by atoms with Crippen LogP contribution >= 0.6 is 11.3 Å². The van der Waals surface area contributed by atoms with Gasteiger partial charge in [0.15, 0.2) is 16.6 Å². The molecule has 0 aliphatic carbocycles. The van der Waals surface area contributed by atoms with Crippen molar-refractivity contribution in [1.82, 2.24) is 4.98 Å². The van der Waals surface area contributed by atoms with Gasteiger partial charge in [-0.3, -0.25) is 9.69 Å². The van der Waals surface area contributed by atoms with Gasteiger partial charge in [0.05, 0.1) is 24.1 Å². The highest BCUT2D eigenvalue weighted by Crippen LogP contribution is 2.35.